The van der Waals surface area contributed by atoms with Gasteiger partial charge in [-0.05, 0) is 74.4 Å². The lowest BCUT2D eigenvalue weighted by Crippen LogP contribution is -2.07. The van der Waals surface area contributed by atoms with Gasteiger partial charge >= 0.3 is 0 Å². The summed E-state index contributed by atoms with van der Waals surface area (Å²) >= 11 is 0. The Balaban J connectivity index is 3.52. The minimum atomic E-state index is -0.317. The molecule has 0 heterocycles. The number of benzene rings is 1. The van der Waals surface area contributed by atoms with Crippen molar-refractivity contribution < 1.29 is 5.11 Å². The lowest BCUT2D eigenvalue weighted by molar-refractivity contribution is 0.172. The lowest BCUT2D eigenvalue weighted by Gasteiger charge is -2.21. The summed E-state index contributed by atoms with van der Waals surface area (Å²) in [7, 11) is 0. The normalized spacial score (nSPS) is 13.0. The SMILES string of the molecule is CC[C@H](O)c1c(C)c(C)c(C)c(C)c1C. The predicted octanol–water partition coefficient (Wildman–Crippen LogP) is 3.67. The quantitative estimate of drug-likeness (QED) is 0.782. The van der Waals surface area contributed by atoms with Gasteiger partial charge in [0.1, 0.15) is 0 Å². The first kappa shape index (κ1) is 12.3. The van der Waals surface area contributed by atoms with E-state index >= 15 is 0 Å². The molecule has 0 saturated heterocycles. The van der Waals surface area contributed by atoms with E-state index in [1.165, 1.54) is 27.8 Å². The molecule has 0 unspecified atom stereocenters. The summed E-state index contributed by atoms with van der Waals surface area (Å²) in [4.78, 5) is 0. The average molecular weight is 206 g/mol. The highest BCUT2D eigenvalue weighted by atomic mass is 16.3. The minimum Gasteiger partial charge on any atom is -0.388 e. The van der Waals surface area contributed by atoms with Crippen molar-refractivity contribution in [3.05, 3.63) is 33.4 Å². The van der Waals surface area contributed by atoms with Gasteiger partial charge in [0.2, 0.25) is 0 Å². The molecule has 1 aromatic rings. The van der Waals surface area contributed by atoms with Gasteiger partial charge in [0, 0.05) is 0 Å². The van der Waals surface area contributed by atoms with Gasteiger partial charge in [-0.1, -0.05) is 6.92 Å². The van der Waals surface area contributed by atoms with Crippen LogP contribution in [0.2, 0.25) is 0 Å². The molecule has 0 aliphatic rings. The van der Waals surface area contributed by atoms with Crippen LogP contribution in [0.25, 0.3) is 0 Å². The minimum absolute atomic E-state index is 0.317. The smallest absolute Gasteiger partial charge is 0.0792 e. The number of aliphatic hydroxyl groups excluding tert-OH is 1. The van der Waals surface area contributed by atoms with Crippen LogP contribution in [0.5, 0.6) is 0 Å². The van der Waals surface area contributed by atoms with Gasteiger partial charge in [-0.2, -0.15) is 0 Å². The molecule has 0 fully saturated rings. The molecule has 1 heteroatoms. The van der Waals surface area contributed by atoms with Gasteiger partial charge in [-0.3, -0.25) is 0 Å². The summed E-state index contributed by atoms with van der Waals surface area (Å²) in [5, 5.41) is 10.0. The maximum atomic E-state index is 10.0. The molecule has 0 aromatic heterocycles. The van der Waals surface area contributed by atoms with E-state index in [1.807, 2.05) is 6.92 Å². The number of hydrogen-bond donors (Lipinski definition) is 1. The fourth-order valence-electron chi connectivity index (χ4n) is 2.23. The monoisotopic (exact) mass is 206 g/mol. The van der Waals surface area contributed by atoms with Crippen LogP contribution in [-0.2, 0) is 0 Å². The van der Waals surface area contributed by atoms with E-state index in [-0.39, 0.29) is 6.10 Å². The van der Waals surface area contributed by atoms with Crippen LogP contribution in [-0.4, -0.2) is 5.11 Å². The van der Waals surface area contributed by atoms with E-state index in [1.54, 1.807) is 0 Å². The number of aliphatic hydroxyl groups is 1. The molecular formula is C14H22O. The Labute approximate surface area is 93.1 Å². The van der Waals surface area contributed by atoms with Crippen LogP contribution in [0.15, 0.2) is 0 Å². The molecule has 0 bridgehead atoms. The molecule has 15 heavy (non-hydrogen) atoms. The zero-order chi connectivity index (χ0) is 11.7. The van der Waals surface area contributed by atoms with Gasteiger partial charge in [0.25, 0.3) is 0 Å². The second-order valence-corrected chi connectivity index (χ2v) is 4.46. The summed E-state index contributed by atoms with van der Waals surface area (Å²) in [5.41, 5.74) is 7.64. The Hall–Kier alpha value is -0.820. The van der Waals surface area contributed by atoms with Gasteiger partial charge in [0.05, 0.1) is 6.10 Å². The molecule has 0 spiro atoms. The fourth-order valence-corrected chi connectivity index (χ4v) is 2.23. The third-order valence-electron chi connectivity index (χ3n) is 3.78. The van der Waals surface area contributed by atoms with E-state index in [0.717, 1.165) is 12.0 Å². The predicted molar refractivity (Wildman–Crippen MR) is 65.4 cm³/mol. The Kier molecular flexibility index (Phi) is 3.56. The molecule has 1 aromatic carbocycles. The molecule has 84 valence electrons. The summed E-state index contributed by atoms with van der Waals surface area (Å²) in [6, 6.07) is 0. The second kappa shape index (κ2) is 4.36. The number of rotatable bonds is 2. The molecule has 1 N–H and O–H groups in total. The lowest BCUT2D eigenvalue weighted by atomic mass is 9.86. The van der Waals surface area contributed by atoms with Crippen LogP contribution in [0.3, 0.4) is 0 Å². The van der Waals surface area contributed by atoms with Gasteiger partial charge in [0.15, 0.2) is 0 Å². The molecule has 0 aliphatic carbocycles. The van der Waals surface area contributed by atoms with Crippen molar-refractivity contribution >= 4 is 0 Å². The molecule has 1 nitrogen and oxygen atoms in total. The second-order valence-electron chi connectivity index (χ2n) is 4.46. The Bertz CT molecular complexity index is 348. The van der Waals surface area contributed by atoms with Gasteiger partial charge in [-0.15, -0.1) is 0 Å². The van der Waals surface area contributed by atoms with E-state index in [2.05, 4.69) is 34.6 Å². The maximum Gasteiger partial charge on any atom is 0.0792 e. The first-order chi connectivity index (χ1) is 6.91. The van der Waals surface area contributed by atoms with Crippen LogP contribution < -0.4 is 0 Å². The maximum absolute atomic E-state index is 10.0. The summed E-state index contributed by atoms with van der Waals surface area (Å²) in [6.07, 6.45) is 0.465. The molecular weight excluding hydrogens is 184 g/mol. The highest BCUT2D eigenvalue weighted by Gasteiger charge is 2.16. The first-order valence-corrected chi connectivity index (χ1v) is 5.66. The molecule has 1 rings (SSSR count). The van der Waals surface area contributed by atoms with Crippen LogP contribution in [0, 0.1) is 34.6 Å². The third kappa shape index (κ3) is 1.93. The molecule has 1 atom stereocenters. The molecule has 0 aliphatic heterocycles. The highest BCUT2D eigenvalue weighted by molar-refractivity contribution is 5.50. The van der Waals surface area contributed by atoms with Crippen LogP contribution >= 0.6 is 0 Å². The standard InChI is InChI=1S/C14H22O/c1-7-13(15)14-11(5)9(3)8(2)10(4)12(14)6/h13,15H,7H2,1-6H3/t13-/m0/s1. The van der Waals surface area contributed by atoms with Crippen molar-refractivity contribution in [1.29, 1.82) is 0 Å². The Morgan fingerprint density at radius 1 is 0.800 bits per heavy atom. The Morgan fingerprint density at radius 2 is 1.13 bits per heavy atom. The van der Waals surface area contributed by atoms with E-state index in [0.29, 0.717) is 0 Å². The first-order valence-electron chi connectivity index (χ1n) is 5.66. The van der Waals surface area contributed by atoms with E-state index in [4.69, 9.17) is 0 Å². The van der Waals surface area contributed by atoms with E-state index in [9.17, 15) is 5.11 Å². The van der Waals surface area contributed by atoms with Crippen molar-refractivity contribution in [2.75, 3.05) is 0 Å². The zero-order valence-corrected chi connectivity index (χ0v) is 10.7. The van der Waals surface area contributed by atoms with Gasteiger partial charge in [-0.25, -0.2) is 0 Å². The van der Waals surface area contributed by atoms with Crippen molar-refractivity contribution in [1.82, 2.24) is 0 Å². The molecule has 0 saturated carbocycles. The van der Waals surface area contributed by atoms with E-state index < -0.39 is 0 Å². The number of hydrogen-bond acceptors (Lipinski definition) is 1. The Morgan fingerprint density at radius 3 is 1.47 bits per heavy atom. The third-order valence-corrected chi connectivity index (χ3v) is 3.78. The summed E-state index contributed by atoms with van der Waals surface area (Å²) in [6.45, 7) is 12.7. The molecule has 0 amide bonds. The van der Waals surface area contributed by atoms with Gasteiger partial charge < -0.3 is 5.11 Å². The highest BCUT2D eigenvalue weighted by Crippen LogP contribution is 2.31. The van der Waals surface area contributed by atoms with Crippen molar-refractivity contribution in [2.24, 2.45) is 0 Å². The average Bonchev–Trinajstić information content (AvgIpc) is 2.23. The van der Waals surface area contributed by atoms with Crippen molar-refractivity contribution in [2.45, 2.75) is 54.1 Å². The van der Waals surface area contributed by atoms with Crippen LogP contribution in [0.1, 0.15) is 52.8 Å². The topological polar surface area (TPSA) is 20.2 Å². The molecule has 0 radical (unpaired) electrons. The fraction of sp³-hybridized carbons (Fsp3) is 0.571. The largest absolute Gasteiger partial charge is 0.388 e. The zero-order valence-electron chi connectivity index (χ0n) is 10.7. The van der Waals surface area contributed by atoms with Crippen LogP contribution in [0.4, 0.5) is 0 Å². The summed E-state index contributed by atoms with van der Waals surface area (Å²) < 4.78 is 0. The summed E-state index contributed by atoms with van der Waals surface area (Å²) in [5.74, 6) is 0. The van der Waals surface area contributed by atoms with Crippen molar-refractivity contribution in [3.8, 4) is 0 Å². The van der Waals surface area contributed by atoms with Crippen molar-refractivity contribution in [3.63, 3.8) is 0 Å².